The summed E-state index contributed by atoms with van der Waals surface area (Å²) in [4.78, 5) is 45.8. The maximum absolute atomic E-state index is 13.9. The van der Waals surface area contributed by atoms with Crippen LogP contribution in [-0.4, -0.2) is 35.9 Å². The summed E-state index contributed by atoms with van der Waals surface area (Å²) in [5.74, 6) is 0.352. The quantitative estimate of drug-likeness (QED) is 0.295. The van der Waals surface area contributed by atoms with Crippen LogP contribution in [0.5, 0.6) is 5.75 Å². The number of nitrogens with zero attached hydrogens (tertiary/aromatic N) is 2. The molecule has 0 saturated heterocycles. The van der Waals surface area contributed by atoms with E-state index in [1.807, 2.05) is 0 Å². The molecule has 2 N–H and O–H groups in total. The molecule has 0 spiro atoms. The molecule has 3 amide bonds. The zero-order valence-corrected chi connectivity index (χ0v) is 23.4. The number of amides is 3. The summed E-state index contributed by atoms with van der Waals surface area (Å²) in [7, 11) is 1.57. The first kappa shape index (κ1) is 29.1. The molecule has 1 aliphatic rings. The number of anilines is 2. The van der Waals surface area contributed by atoms with Gasteiger partial charge in [0.25, 0.3) is 0 Å². The van der Waals surface area contributed by atoms with Crippen LogP contribution in [-0.2, 0) is 14.4 Å². The van der Waals surface area contributed by atoms with Crippen molar-refractivity contribution in [1.29, 1.82) is 0 Å². The normalized spacial score (nSPS) is 14.2. The third-order valence-electron chi connectivity index (χ3n) is 6.99. The van der Waals surface area contributed by atoms with Gasteiger partial charge in [0.2, 0.25) is 17.7 Å². The van der Waals surface area contributed by atoms with Gasteiger partial charge in [-0.05, 0) is 73.4 Å². The smallest absolute Gasteiger partial charge is 0.248 e. The van der Waals surface area contributed by atoms with Crippen molar-refractivity contribution in [1.82, 2.24) is 10.3 Å². The average Bonchev–Trinajstić information content (AvgIpc) is 2.97. The number of rotatable bonds is 11. The van der Waals surface area contributed by atoms with E-state index in [0.29, 0.717) is 34.3 Å². The Morgan fingerprint density at radius 2 is 1.70 bits per heavy atom. The highest BCUT2D eigenvalue weighted by atomic mass is 35.5. The molecule has 1 fully saturated rings. The first-order valence-corrected chi connectivity index (χ1v) is 14.0. The number of carbonyl (C=O) groups is 3. The number of ether oxygens (including phenoxy) is 1. The predicted molar refractivity (Wildman–Crippen MR) is 156 cm³/mol. The summed E-state index contributed by atoms with van der Waals surface area (Å²) in [6.45, 7) is 0. The van der Waals surface area contributed by atoms with Crippen LogP contribution in [0.4, 0.5) is 11.5 Å². The topological polar surface area (TPSA) is 101 Å². The molecular formula is C31H35ClN4O4. The maximum Gasteiger partial charge on any atom is 0.248 e. The van der Waals surface area contributed by atoms with Gasteiger partial charge in [0.1, 0.15) is 17.6 Å². The number of hydrogen-bond donors (Lipinski definition) is 2. The summed E-state index contributed by atoms with van der Waals surface area (Å²) >= 11 is 6.16. The highest BCUT2D eigenvalue weighted by molar-refractivity contribution is 6.30. The fourth-order valence-corrected chi connectivity index (χ4v) is 5.06. The minimum atomic E-state index is -0.914. The Kier molecular flexibility index (Phi) is 10.5. The van der Waals surface area contributed by atoms with E-state index in [9.17, 15) is 14.4 Å². The Morgan fingerprint density at radius 3 is 2.35 bits per heavy atom. The van der Waals surface area contributed by atoms with E-state index in [-0.39, 0.29) is 36.6 Å². The second-order valence-electron chi connectivity index (χ2n) is 9.88. The molecule has 9 heteroatoms. The van der Waals surface area contributed by atoms with Crippen molar-refractivity contribution in [3.8, 4) is 5.75 Å². The number of aromatic nitrogens is 1. The molecule has 0 aliphatic heterocycles. The van der Waals surface area contributed by atoms with E-state index in [0.717, 1.165) is 32.1 Å². The SMILES string of the molecule is COc1ccc(N(C(=O)CCCC(=O)Nc2ccccn2)[C@H](C(=O)NC2CCCCC2)c2ccc(Cl)cc2)cc1. The third-order valence-corrected chi connectivity index (χ3v) is 7.24. The highest BCUT2D eigenvalue weighted by Gasteiger charge is 2.34. The van der Waals surface area contributed by atoms with Gasteiger partial charge in [0.05, 0.1) is 7.11 Å². The lowest BCUT2D eigenvalue weighted by Gasteiger charge is -2.33. The van der Waals surface area contributed by atoms with E-state index in [1.54, 1.807) is 80.0 Å². The van der Waals surface area contributed by atoms with E-state index < -0.39 is 6.04 Å². The summed E-state index contributed by atoms with van der Waals surface area (Å²) in [5, 5.41) is 6.48. The Labute approximate surface area is 240 Å². The molecule has 1 saturated carbocycles. The molecule has 0 radical (unpaired) electrons. The van der Waals surface area contributed by atoms with Crippen LogP contribution in [0.2, 0.25) is 5.02 Å². The fraction of sp³-hybridized carbons (Fsp3) is 0.355. The molecule has 0 bridgehead atoms. The Bertz CT molecular complexity index is 1260. The Morgan fingerprint density at radius 1 is 0.975 bits per heavy atom. The van der Waals surface area contributed by atoms with Crippen LogP contribution >= 0.6 is 11.6 Å². The van der Waals surface area contributed by atoms with Crippen molar-refractivity contribution < 1.29 is 19.1 Å². The van der Waals surface area contributed by atoms with Crippen molar-refractivity contribution in [2.75, 3.05) is 17.3 Å². The molecule has 3 aromatic rings. The predicted octanol–water partition coefficient (Wildman–Crippen LogP) is 6.08. The van der Waals surface area contributed by atoms with Gasteiger partial charge in [-0.1, -0.05) is 49.1 Å². The first-order chi connectivity index (χ1) is 19.4. The van der Waals surface area contributed by atoms with Crippen LogP contribution in [0.25, 0.3) is 0 Å². The van der Waals surface area contributed by atoms with Crippen LogP contribution in [0, 0.1) is 0 Å². The zero-order chi connectivity index (χ0) is 28.3. The number of benzene rings is 2. The van der Waals surface area contributed by atoms with E-state index in [1.165, 1.54) is 4.90 Å². The molecule has 1 aromatic heterocycles. The molecule has 1 atom stereocenters. The van der Waals surface area contributed by atoms with Crippen LogP contribution in [0.3, 0.4) is 0 Å². The largest absolute Gasteiger partial charge is 0.497 e. The number of hydrogen-bond acceptors (Lipinski definition) is 5. The summed E-state index contributed by atoms with van der Waals surface area (Å²) in [6, 6.07) is 18.4. The monoisotopic (exact) mass is 562 g/mol. The molecule has 8 nitrogen and oxygen atoms in total. The lowest BCUT2D eigenvalue weighted by Crippen LogP contribution is -2.47. The van der Waals surface area contributed by atoms with Crippen molar-refractivity contribution >= 4 is 40.8 Å². The number of carbonyl (C=O) groups excluding carboxylic acids is 3. The van der Waals surface area contributed by atoms with Crippen LogP contribution in [0.15, 0.2) is 72.9 Å². The molecule has 4 rings (SSSR count). The molecule has 1 aliphatic carbocycles. The molecule has 0 unspecified atom stereocenters. The van der Waals surface area contributed by atoms with Crippen LogP contribution < -0.4 is 20.3 Å². The summed E-state index contributed by atoms with van der Waals surface area (Å²) in [6.07, 6.45) is 7.25. The zero-order valence-electron chi connectivity index (χ0n) is 22.6. The number of halogens is 1. The molecular weight excluding hydrogens is 528 g/mol. The first-order valence-electron chi connectivity index (χ1n) is 13.7. The molecule has 2 aromatic carbocycles. The maximum atomic E-state index is 13.9. The van der Waals surface area contributed by atoms with Gasteiger partial charge in [0, 0.05) is 35.8 Å². The minimum absolute atomic E-state index is 0.0687. The lowest BCUT2D eigenvalue weighted by atomic mass is 9.94. The molecule has 1 heterocycles. The van der Waals surface area contributed by atoms with Gasteiger partial charge in [-0.3, -0.25) is 19.3 Å². The summed E-state index contributed by atoms with van der Waals surface area (Å²) in [5.41, 5.74) is 1.21. The average molecular weight is 563 g/mol. The minimum Gasteiger partial charge on any atom is -0.497 e. The van der Waals surface area contributed by atoms with Crippen molar-refractivity contribution in [2.24, 2.45) is 0 Å². The van der Waals surface area contributed by atoms with Gasteiger partial charge in [0.15, 0.2) is 0 Å². The number of pyridine rings is 1. The third kappa shape index (κ3) is 8.05. The highest BCUT2D eigenvalue weighted by Crippen LogP contribution is 2.32. The fourth-order valence-electron chi connectivity index (χ4n) is 4.93. The van der Waals surface area contributed by atoms with E-state index in [4.69, 9.17) is 16.3 Å². The lowest BCUT2D eigenvalue weighted by molar-refractivity contribution is -0.127. The van der Waals surface area contributed by atoms with Gasteiger partial charge < -0.3 is 15.4 Å². The Balaban J connectivity index is 1.58. The standard InChI is InChI=1S/C31H35ClN4O4/c1-40-26-19-17-25(18-20-26)36(29(38)12-7-11-28(37)35-27-10-5-6-21-33-27)30(22-13-15-23(32)16-14-22)31(39)34-24-8-3-2-4-9-24/h5-6,10,13-21,24,30H,2-4,7-9,11-12H2,1H3,(H,34,39)(H,33,35,37)/t30-/m0/s1. The molecule has 40 heavy (non-hydrogen) atoms. The second-order valence-corrected chi connectivity index (χ2v) is 10.3. The van der Waals surface area contributed by atoms with Gasteiger partial charge in [-0.15, -0.1) is 0 Å². The van der Waals surface area contributed by atoms with Crippen molar-refractivity contribution in [3.05, 3.63) is 83.5 Å². The number of methoxy groups -OCH3 is 1. The van der Waals surface area contributed by atoms with Gasteiger partial charge in [-0.2, -0.15) is 0 Å². The van der Waals surface area contributed by atoms with Crippen LogP contribution in [0.1, 0.15) is 63.0 Å². The van der Waals surface area contributed by atoms with Gasteiger partial charge >= 0.3 is 0 Å². The van der Waals surface area contributed by atoms with Crippen molar-refractivity contribution in [3.63, 3.8) is 0 Å². The van der Waals surface area contributed by atoms with Gasteiger partial charge in [-0.25, -0.2) is 4.98 Å². The Hall–Kier alpha value is -3.91. The summed E-state index contributed by atoms with van der Waals surface area (Å²) < 4.78 is 5.31. The van der Waals surface area contributed by atoms with Crippen molar-refractivity contribution in [2.45, 2.75) is 63.5 Å². The number of nitrogens with one attached hydrogen (secondary N) is 2. The molecule has 210 valence electrons. The second kappa shape index (κ2) is 14.5. The van der Waals surface area contributed by atoms with E-state index in [2.05, 4.69) is 15.6 Å². The van der Waals surface area contributed by atoms with E-state index >= 15 is 0 Å².